The van der Waals surface area contributed by atoms with Gasteiger partial charge in [0.15, 0.2) is 5.65 Å². The van der Waals surface area contributed by atoms with Crippen molar-refractivity contribution in [1.82, 2.24) is 30.2 Å². The van der Waals surface area contributed by atoms with E-state index in [0.29, 0.717) is 17.7 Å². The van der Waals surface area contributed by atoms with Crippen molar-refractivity contribution in [3.63, 3.8) is 0 Å². The maximum atomic E-state index is 13.0. The molecule has 0 unspecified atom stereocenters. The molecule has 0 amide bonds. The lowest BCUT2D eigenvalue weighted by Gasteiger charge is -2.03. The van der Waals surface area contributed by atoms with Crippen molar-refractivity contribution < 1.29 is 4.39 Å². The lowest BCUT2D eigenvalue weighted by atomic mass is 10.2. The third-order valence-electron chi connectivity index (χ3n) is 3.40. The first-order valence-corrected chi connectivity index (χ1v) is 6.73. The largest absolute Gasteiger partial charge is 0.285 e. The first-order chi connectivity index (χ1) is 10.8. The predicted octanol–water partition coefficient (Wildman–Crippen LogP) is 2.40. The summed E-state index contributed by atoms with van der Waals surface area (Å²) < 4.78 is 14.7. The Labute approximate surface area is 124 Å². The Morgan fingerprint density at radius 1 is 1.09 bits per heavy atom. The van der Waals surface area contributed by atoms with Gasteiger partial charge in [0.1, 0.15) is 11.3 Å². The van der Waals surface area contributed by atoms with Crippen molar-refractivity contribution >= 4 is 11.2 Å². The zero-order chi connectivity index (χ0) is 14.9. The van der Waals surface area contributed by atoms with Crippen LogP contribution < -0.4 is 0 Å². The molecule has 3 heterocycles. The van der Waals surface area contributed by atoms with E-state index in [4.69, 9.17) is 0 Å². The van der Waals surface area contributed by atoms with Crippen LogP contribution in [0.4, 0.5) is 4.39 Å². The second kappa shape index (κ2) is 5.03. The van der Waals surface area contributed by atoms with Crippen LogP contribution in [-0.4, -0.2) is 30.2 Å². The van der Waals surface area contributed by atoms with Gasteiger partial charge in [0.05, 0.1) is 18.4 Å². The molecule has 7 heteroatoms. The average molecular weight is 294 g/mol. The quantitative estimate of drug-likeness (QED) is 0.630. The third-order valence-corrected chi connectivity index (χ3v) is 3.40. The molecule has 108 valence electrons. The summed E-state index contributed by atoms with van der Waals surface area (Å²) in [6.07, 6.45) is 3.49. The van der Waals surface area contributed by atoms with Crippen molar-refractivity contribution in [2.75, 3.05) is 0 Å². The molecule has 0 saturated heterocycles. The minimum Gasteiger partial charge on any atom is -0.285 e. The molecular weight excluding hydrogens is 283 g/mol. The van der Waals surface area contributed by atoms with E-state index >= 15 is 0 Å². The number of fused-ring (bicyclic) bond motifs is 1. The number of H-pyrrole nitrogens is 1. The van der Waals surface area contributed by atoms with Gasteiger partial charge in [-0.05, 0) is 29.8 Å². The Kier molecular flexibility index (Phi) is 2.89. The number of hydrogen-bond donors (Lipinski definition) is 1. The lowest BCUT2D eigenvalue weighted by molar-refractivity contribution is 0.623. The van der Waals surface area contributed by atoms with Crippen LogP contribution in [0.15, 0.2) is 48.8 Å². The molecule has 0 bridgehead atoms. The molecule has 0 aliphatic heterocycles. The number of rotatable bonds is 3. The van der Waals surface area contributed by atoms with E-state index in [2.05, 4.69) is 25.5 Å². The summed E-state index contributed by atoms with van der Waals surface area (Å²) in [7, 11) is 0. The number of pyridine rings is 1. The smallest absolute Gasteiger partial charge is 0.179 e. The predicted molar refractivity (Wildman–Crippen MR) is 78.4 cm³/mol. The monoisotopic (exact) mass is 294 g/mol. The summed E-state index contributed by atoms with van der Waals surface area (Å²) in [5.74, 6) is -0.257. The van der Waals surface area contributed by atoms with E-state index in [-0.39, 0.29) is 5.82 Å². The van der Waals surface area contributed by atoms with Gasteiger partial charge < -0.3 is 0 Å². The Bertz CT molecular complexity index is 911. The van der Waals surface area contributed by atoms with Crippen molar-refractivity contribution in [3.05, 3.63) is 60.2 Å². The zero-order valence-electron chi connectivity index (χ0n) is 11.4. The third kappa shape index (κ3) is 2.22. The summed E-state index contributed by atoms with van der Waals surface area (Å²) in [4.78, 5) is 4.60. The fraction of sp³-hybridized carbons (Fsp3) is 0.0667. The highest BCUT2D eigenvalue weighted by atomic mass is 19.1. The van der Waals surface area contributed by atoms with Crippen molar-refractivity contribution in [1.29, 1.82) is 0 Å². The van der Waals surface area contributed by atoms with Crippen LogP contribution in [-0.2, 0) is 6.54 Å². The molecule has 0 fully saturated rings. The Hall–Kier alpha value is -3.09. The van der Waals surface area contributed by atoms with Crippen LogP contribution in [0.2, 0.25) is 0 Å². The molecule has 4 aromatic rings. The number of aromatic nitrogens is 6. The molecule has 0 aliphatic carbocycles. The zero-order valence-corrected chi connectivity index (χ0v) is 11.4. The summed E-state index contributed by atoms with van der Waals surface area (Å²) in [6.45, 7) is 0.485. The topological polar surface area (TPSA) is 72.3 Å². The van der Waals surface area contributed by atoms with E-state index in [0.717, 1.165) is 16.8 Å². The molecule has 0 saturated carbocycles. The molecule has 3 aromatic heterocycles. The minimum atomic E-state index is -0.257. The number of benzene rings is 1. The Morgan fingerprint density at radius 3 is 2.73 bits per heavy atom. The van der Waals surface area contributed by atoms with Crippen molar-refractivity contribution in [3.8, 4) is 11.3 Å². The minimum absolute atomic E-state index is 0.257. The highest BCUT2D eigenvalue weighted by Gasteiger charge is 2.09. The number of nitrogens with one attached hydrogen (secondary N) is 1. The first-order valence-electron chi connectivity index (χ1n) is 6.73. The van der Waals surface area contributed by atoms with Crippen LogP contribution in [0.1, 0.15) is 5.56 Å². The highest BCUT2D eigenvalue weighted by Crippen LogP contribution is 2.19. The van der Waals surface area contributed by atoms with Gasteiger partial charge in [-0.15, -0.1) is 5.10 Å². The average Bonchev–Trinajstić information content (AvgIpc) is 3.19. The number of halogens is 1. The normalized spacial score (nSPS) is 11.1. The molecule has 0 aliphatic rings. The molecule has 1 N–H and O–H groups in total. The highest BCUT2D eigenvalue weighted by molar-refractivity contribution is 5.74. The van der Waals surface area contributed by atoms with Gasteiger partial charge in [-0.2, -0.15) is 5.10 Å². The van der Waals surface area contributed by atoms with Crippen LogP contribution in [0.3, 0.4) is 0 Å². The fourth-order valence-electron chi connectivity index (χ4n) is 2.27. The molecule has 0 radical (unpaired) electrons. The van der Waals surface area contributed by atoms with Crippen LogP contribution in [0, 0.1) is 5.82 Å². The summed E-state index contributed by atoms with van der Waals surface area (Å²) in [5, 5.41) is 14.9. The standard InChI is InChI=1S/C15H11FN6/c16-12-3-1-10(2-4-12)9-22-15-14(20-21-22)6-5-13(19-15)11-7-17-18-8-11/h1-8H,9H2,(H,17,18). The van der Waals surface area contributed by atoms with Gasteiger partial charge in [-0.3, -0.25) is 5.10 Å². The molecule has 22 heavy (non-hydrogen) atoms. The van der Waals surface area contributed by atoms with E-state index < -0.39 is 0 Å². The molecule has 0 spiro atoms. The van der Waals surface area contributed by atoms with Gasteiger partial charge in [0, 0.05) is 11.8 Å². The molecule has 0 atom stereocenters. The van der Waals surface area contributed by atoms with Gasteiger partial charge in [0.25, 0.3) is 0 Å². The Morgan fingerprint density at radius 2 is 1.95 bits per heavy atom. The van der Waals surface area contributed by atoms with E-state index in [1.54, 1.807) is 29.2 Å². The summed E-state index contributed by atoms with van der Waals surface area (Å²) in [5.41, 5.74) is 4.03. The SMILES string of the molecule is Fc1ccc(Cn2nnc3ccc(-c4cn[nH]c4)nc32)cc1. The summed E-state index contributed by atoms with van der Waals surface area (Å²) in [6, 6.07) is 10.1. The second-order valence-electron chi connectivity index (χ2n) is 4.90. The second-order valence-corrected chi connectivity index (χ2v) is 4.90. The van der Waals surface area contributed by atoms with Crippen LogP contribution >= 0.6 is 0 Å². The molecule has 1 aromatic carbocycles. The number of hydrogen-bond acceptors (Lipinski definition) is 4. The van der Waals surface area contributed by atoms with Crippen molar-refractivity contribution in [2.24, 2.45) is 0 Å². The maximum absolute atomic E-state index is 13.0. The van der Waals surface area contributed by atoms with E-state index in [9.17, 15) is 4.39 Å². The van der Waals surface area contributed by atoms with E-state index in [1.807, 2.05) is 12.1 Å². The van der Waals surface area contributed by atoms with Crippen LogP contribution in [0.5, 0.6) is 0 Å². The van der Waals surface area contributed by atoms with Gasteiger partial charge in [0.2, 0.25) is 0 Å². The molecule has 6 nitrogen and oxygen atoms in total. The van der Waals surface area contributed by atoms with E-state index in [1.165, 1.54) is 12.1 Å². The number of nitrogens with zero attached hydrogens (tertiary/aromatic N) is 5. The first kappa shape index (κ1) is 12.6. The fourth-order valence-corrected chi connectivity index (χ4v) is 2.27. The maximum Gasteiger partial charge on any atom is 0.179 e. The molecule has 4 rings (SSSR count). The lowest BCUT2D eigenvalue weighted by Crippen LogP contribution is -2.03. The van der Waals surface area contributed by atoms with Gasteiger partial charge >= 0.3 is 0 Å². The summed E-state index contributed by atoms with van der Waals surface area (Å²) >= 11 is 0. The van der Waals surface area contributed by atoms with Crippen molar-refractivity contribution in [2.45, 2.75) is 6.54 Å². The van der Waals surface area contributed by atoms with Crippen LogP contribution in [0.25, 0.3) is 22.4 Å². The Balaban J connectivity index is 1.74. The van der Waals surface area contributed by atoms with Gasteiger partial charge in [-0.25, -0.2) is 14.1 Å². The molecular formula is C15H11FN6. The van der Waals surface area contributed by atoms with Gasteiger partial charge in [-0.1, -0.05) is 17.3 Å². The number of aromatic amines is 1.